The van der Waals surface area contributed by atoms with Gasteiger partial charge in [-0.05, 0) is 49.7 Å². The fraction of sp³-hybridized carbons (Fsp3) is 0.150. The number of aromatic nitrogens is 3. The van der Waals surface area contributed by atoms with E-state index in [1.165, 1.54) is 0 Å². The van der Waals surface area contributed by atoms with Gasteiger partial charge in [0.05, 0.1) is 16.3 Å². The summed E-state index contributed by atoms with van der Waals surface area (Å²) in [6, 6.07) is 11.4. The first-order valence-electron chi connectivity index (χ1n) is 8.56. The van der Waals surface area contributed by atoms with Gasteiger partial charge in [0.15, 0.2) is 5.13 Å². The molecule has 0 bridgehead atoms. The van der Waals surface area contributed by atoms with E-state index in [1.807, 2.05) is 37.5 Å². The number of nitrogens with one attached hydrogen (secondary N) is 2. The van der Waals surface area contributed by atoms with Gasteiger partial charge in [-0.1, -0.05) is 17.4 Å². The molecule has 0 spiro atoms. The average molecular weight is 377 g/mol. The molecule has 3 aromatic heterocycles. The van der Waals surface area contributed by atoms with E-state index in [-0.39, 0.29) is 5.91 Å². The van der Waals surface area contributed by atoms with E-state index >= 15 is 0 Å². The van der Waals surface area contributed by atoms with Gasteiger partial charge in [-0.3, -0.25) is 9.20 Å². The van der Waals surface area contributed by atoms with Crippen LogP contribution in [-0.2, 0) is 0 Å². The molecule has 0 saturated carbocycles. The summed E-state index contributed by atoms with van der Waals surface area (Å²) in [7, 11) is 1.62. The van der Waals surface area contributed by atoms with Crippen molar-refractivity contribution in [3.05, 3.63) is 65.6 Å². The molecule has 1 aromatic carbocycles. The number of rotatable bonds is 4. The monoisotopic (exact) mass is 377 g/mol. The molecule has 1 amide bonds. The number of nitrogens with zero attached hydrogens (tertiary/aromatic N) is 3. The SMILES string of the molecule is CNC(=O)c1ccc(Nc2ncc(-c3c(C)nc4c(C)cccn34)s2)cc1. The minimum absolute atomic E-state index is 0.100. The minimum atomic E-state index is -0.100. The van der Waals surface area contributed by atoms with Crippen LogP contribution in [0.25, 0.3) is 16.2 Å². The van der Waals surface area contributed by atoms with Crippen LogP contribution in [0, 0.1) is 13.8 Å². The first-order chi connectivity index (χ1) is 13.1. The first-order valence-corrected chi connectivity index (χ1v) is 9.38. The lowest BCUT2D eigenvalue weighted by Gasteiger charge is -2.04. The predicted octanol–water partition coefficient (Wildman–Crippen LogP) is 4.18. The highest BCUT2D eigenvalue weighted by Crippen LogP contribution is 2.33. The Hall–Kier alpha value is -3.19. The zero-order valence-corrected chi connectivity index (χ0v) is 16.1. The summed E-state index contributed by atoms with van der Waals surface area (Å²) in [4.78, 5) is 21.9. The van der Waals surface area contributed by atoms with Crippen LogP contribution in [-0.4, -0.2) is 27.3 Å². The number of anilines is 2. The maximum Gasteiger partial charge on any atom is 0.251 e. The fourth-order valence-corrected chi connectivity index (χ4v) is 3.96. The van der Waals surface area contributed by atoms with Crippen molar-refractivity contribution < 1.29 is 4.79 Å². The topological polar surface area (TPSA) is 71.3 Å². The zero-order chi connectivity index (χ0) is 19.0. The molecule has 0 aliphatic rings. The van der Waals surface area contributed by atoms with Crippen LogP contribution in [0.3, 0.4) is 0 Å². The molecule has 7 heteroatoms. The van der Waals surface area contributed by atoms with Crippen molar-refractivity contribution in [3.63, 3.8) is 0 Å². The van der Waals surface area contributed by atoms with Crippen molar-refractivity contribution in [2.75, 3.05) is 12.4 Å². The van der Waals surface area contributed by atoms with E-state index in [9.17, 15) is 4.79 Å². The van der Waals surface area contributed by atoms with E-state index in [2.05, 4.69) is 33.0 Å². The summed E-state index contributed by atoms with van der Waals surface area (Å²) in [5.41, 5.74) is 5.67. The molecular formula is C20H19N5OS. The quantitative estimate of drug-likeness (QED) is 0.560. The summed E-state index contributed by atoms with van der Waals surface area (Å²) in [6.45, 7) is 4.08. The summed E-state index contributed by atoms with van der Waals surface area (Å²) in [5.74, 6) is -0.100. The van der Waals surface area contributed by atoms with Gasteiger partial charge in [-0.25, -0.2) is 9.97 Å². The molecule has 0 aliphatic heterocycles. The van der Waals surface area contributed by atoms with Gasteiger partial charge >= 0.3 is 0 Å². The van der Waals surface area contributed by atoms with Crippen LogP contribution in [0.2, 0.25) is 0 Å². The van der Waals surface area contributed by atoms with Crippen molar-refractivity contribution in [2.45, 2.75) is 13.8 Å². The number of thiazole rings is 1. The summed E-state index contributed by atoms with van der Waals surface area (Å²) >= 11 is 1.57. The predicted molar refractivity (Wildman–Crippen MR) is 109 cm³/mol. The standard InChI is InChI=1S/C20H19N5OS/c1-12-5-4-10-25-17(13(2)23-18(12)25)16-11-22-20(27-16)24-15-8-6-14(7-9-15)19(26)21-3/h4-11H,1-3H3,(H,21,26)(H,22,24). The van der Waals surface area contributed by atoms with Crippen molar-refractivity contribution in [2.24, 2.45) is 0 Å². The maximum absolute atomic E-state index is 11.6. The average Bonchev–Trinajstić information content (AvgIpc) is 3.26. The Morgan fingerprint density at radius 1 is 1.15 bits per heavy atom. The molecule has 4 rings (SSSR count). The van der Waals surface area contributed by atoms with Gasteiger partial charge in [0.2, 0.25) is 0 Å². The molecule has 0 unspecified atom stereocenters. The van der Waals surface area contributed by atoms with Gasteiger partial charge in [0.25, 0.3) is 5.91 Å². The van der Waals surface area contributed by atoms with Gasteiger partial charge in [-0.2, -0.15) is 0 Å². The Labute approximate surface area is 160 Å². The number of carbonyl (C=O) groups is 1. The van der Waals surface area contributed by atoms with E-state index in [0.717, 1.165) is 38.3 Å². The second-order valence-electron chi connectivity index (χ2n) is 6.24. The van der Waals surface area contributed by atoms with E-state index in [0.29, 0.717) is 5.56 Å². The van der Waals surface area contributed by atoms with Crippen molar-refractivity contribution >= 4 is 33.7 Å². The number of pyridine rings is 1. The second-order valence-corrected chi connectivity index (χ2v) is 7.27. The van der Waals surface area contributed by atoms with Gasteiger partial charge in [-0.15, -0.1) is 0 Å². The fourth-order valence-electron chi connectivity index (χ4n) is 3.03. The van der Waals surface area contributed by atoms with Crippen molar-refractivity contribution in [3.8, 4) is 10.6 Å². The Kier molecular flexibility index (Phi) is 4.37. The number of hydrogen-bond donors (Lipinski definition) is 2. The summed E-state index contributed by atoms with van der Waals surface area (Å²) < 4.78 is 2.11. The molecule has 6 nitrogen and oxygen atoms in total. The molecule has 27 heavy (non-hydrogen) atoms. The maximum atomic E-state index is 11.6. The van der Waals surface area contributed by atoms with Gasteiger partial charge in [0, 0.05) is 30.7 Å². The normalized spacial score (nSPS) is 10.9. The highest BCUT2D eigenvalue weighted by molar-refractivity contribution is 7.18. The van der Waals surface area contributed by atoms with E-state index in [4.69, 9.17) is 4.98 Å². The van der Waals surface area contributed by atoms with Crippen molar-refractivity contribution in [1.82, 2.24) is 19.7 Å². The molecule has 0 radical (unpaired) electrons. The minimum Gasteiger partial charge on any atom is -0.355 e. The summed E-state index contributed by atoms with van der Waals surface area (Å²) in [6.07, 6.45) is 3.90. The lowest BCUT2D eigenvalue weighted by molar-refractivity contribution is 0.0963. The lowest BCUT2D eigenvalue weighted by Crippen LogP contribution is -2.17. The lowest BCUT2D eigenvalue weighted by atomic mass is 10.2. The third kappa shape index (κ3) is 3.17. The number of aryl methyl sites for hydroxylation is 2. The molecule has 3 heterocycles. The van der Waals surface area contributed by atoms with E-state index in [1.54, 1.807) is 30.5 Å². The first kappa shape index (κ1) is 17.2. The van der Waals surface area contributed by atoms with Crippen LogP contribution < -0.4 is 10.6 Å². The molecule has 0 fully saturated rings. The number of imidazole rings is 1. The number of amides is 1. The van der Waals surface area contributed by atoms with Crippen LogP contribution in [0.5, 0.6) is 0 Å². The van der Waals surface area contributed by atoms with Crippen LogP contribution in [0.1, 0.15) is 21.6 Å². The van der Waals surface area contributed by atoms with Gasteiger partial charge < -0.3 is 10.6 Å². The Bertz CT molecular complexity index is 1130. The van der Waals surface area contributed by atoms with Gasteiger partial charge in [0.1, 0.15) is 5.65 Å². The Morgan fingerprint density at radius 3 is 2.67 bits per heavy atom. The van der Waals surface area contributed by atoms with Crippen LogP contribution >= 0.6 is 11.3 Å². The third-order valence-corrected chi connectivity index (χ3v) is 5.30. The number of benzene rings is 1. The third-order valence-electron chi connectivity index (χ3n) is 4.38. The Morgan fingerprint density at radius 2 is 1.93 bits per heavy atom. The van der Waals surface area contributed by atoms with Crippen LogP contribution in [0.15, 0.2) is 48.8 Å². The molecule has 0 aliphatic carbocycles. The number of carbonyl (C=O) groups excluding carboxylic acids is 1. The summed E-state index contributed by atoms with van der Waals surface area (Å²) in [5, 5.41) is 6.70. The molecule has 0 atom stereocenters. The molecular weight excluding hydrogens is 358 g/mol. The molecule has 2 N–H and O–H groups in total. The van der Waals surface area contributed by atoms with Crippen LogP contribution in [0.4, 0.5) is 10.8 Å². The second kappa shape index (κ2) is 6.85. The molecule has 4 aromatic rings. The zero-order valence-electron chi connectivity index (χ0n) is 15.3. The smallest absolute Gasteiger partial charge is 0.251 e. The Balaban J connectivity index is 1.62. The highest BCUT2D eigenvalue weighted by Gasteiger charge is 2.15. The largest absolute Gasteiger partial charge is 0.355 e. The van der Waals surface area contributed by atoms with Crippen molar-refractivity contribution in [1.29, 1.82) is 0 Å². The molecule has 136 valence electrons. The molecule has 0 saturated heterocycles. The number of hydrogen-bond acceptors (Lipinski definition) is 5. The number of fused-ring (bicyclic) bond motifs is 1. The highest BCUT2D eigenvalue weighted by atomic mass is 32.1. The van der Waals surface area contributed by atoms with E-state index < -0.39 is 0 Å².